The second kappa shape index (κ2) is 3.08. The van der Waals surface area contributed by atoms with Gasteiger partial charge in [-0.1, -0.05) is 15.9 Å². The number of benzene rings is 1. The summed E-state index contributed by atoms with van der Waals surface area (Å²) in [5.74, 6) is 5.18. The summed E-state index contributed by atoms with van der Waals surface area (Å²) in [6.07, 6.45) is 0. The van der Waals surface area contributed by atoms with E-state index in [1.807, 2.05) is 6.07 Å². The molecule has 1 aliphatic rings. The van der Waals surface area contributed by atoms with E-state index in [0.717, 1.165) is 15.0 Å². The molecule has 0 aromatic heterocycles. The number of hydrazine groups is 1. The maximum absolute atomic E-state index is 11.6. The fourth-order valence-electron chi connectivity index (χ4n) is 1.50. The molecule has 1 amide bonds. The zero-order valence-electron chi connectivity index (χ0n) is 7.12. The third-order valence-electron chi connectivity index (χ3n) is 2.18. The maximum Gasteiger partial charge on any atom is 0.269 e. The van der Waals surface area contributed by atoms with Crippen LogP contribution in [0.25, 0.3) is 0 Å². The van der Waals surface area contributed by atoms with Gasteiger partial charge in [-0.25, -0.2) is 5.84 Å². The molecule has 0 saturated heterocycles. The molecule has 0 fully saturated rings. The molecular weight excluding hydrogens is 246 g/mol. The van der Waals surface area contributed by atoms with Crippen LogP contribution in [0.2, 0.25) is 0 Å². The van der Waals surface area contributed by atoms with E-state index in [1.54, 1.807) is 12.1 Å². The number of nitriles is 1. The number of hydrogen-bond acceptors (Lipinski definition) is 3. The lowest BCUT2D eigenvalue weighted by molar-refractivity contribution is 0.0778. The van der Waals surface area contributed by atoms with Gasteiger partial charge in [0.25, 0.3) is 5.91 Å². The van der Waals surface area contributed by atoms with Gasteiger partial charge in [-0.3, -0.25) is 9.80 Å². The highest BCUT2D eigenvalue weighted by Crippen LogP contribution is 2.30. The molecule has 1 aromatic carbocycles. The first-order valence-corrected chi connectivity index (χ1v) is 4.72. The van der Waals surface area contributed by atoms with Crippen LogP contribution in [0.3, 0.4) is 0 Å². The lowest BCUT2D eigenvalue weighted by Gasteiger charge is -2.04. The van der Waals surface area contributed by atoms with Gasteiger partial charge in [-0.05, 0) is 12.1 Å². The summed E-state index contributed by atoms with van der Waals surface area (Å²) in [4.78, 5) is 11.6. The minimum atomic E-state index is -0.294. The lowest BCUT2D eigenvalue weighted by Crippen LogP contribution is -2.30. The van der Waals surface area contributed by atoms with Crippen molar-refractivity contribution < 1.29 is 4.79 Å². The molecule has 1 heterocycles. The summed E-state index contributed by atoms with van der Waals surface area (Å²) in [5.41, 5.74) is 1.59. The lowest BCUT2D eigenvalue weighted by atomic mass is 10.0. The van der Waals surface area contributed by atoms with Gasteiger partial charge in [-0.15, -0.1) is 0 Å². The number of amides is 1. The Kier molecular flexibility index (Phi) is 2.02. The summed E-state index contributed by atoms with van der Waals surface area (Å²) in [5, 5.41) is 9.93. The van der Waals surface area contributed by atoms with Gasteiger partial charge in [0.15, 0.2) is 0 Å². The van der Waals surface area contributed by atoms with Crippen LogP contribution in [-0.4, -0.2) is 10.9 Å². The monoisotopic (exact) mass is 251 g/mol. The molecule has 2 N–H and O–H groups in total. The van der Waals surface area contributed by atoms with Crippen LogP contribution in [0.5, 0.6) is 0 Å². The van der Waals surface area contributed by atoms with Gasteiger partial charge in [-0.2, -0.15) is 5.26 Å². The Hall–Kier alpha value is -1.38. The molecule has 0 radical (unpaired) electrons. The van der Waals surface area contributed by atoms with Gasteiger partial charge in [0, 0.05) is 10.0 Å². The van der Waals surface area contributed by atoms with Crippen molar-refractivity contribution in [2.75, 3.05) is 0 Å². The molecule has 5 heteroatoms. The SMILES string of the molecule is N#Cc1ccc(Br)c2c1C(=O)N(N)C2. The van der Waals surface area contributed by atoms with Crippen LogP contribution in [0.4, 0.5) is 0 Å². The van der Waals surface area contributed by atoms with Crippen LogP contribution in [0, 0.1) is 11.3 Å². The highest BCUT2D eigenvalue weighted by molar-refractivity contribution is 9.10. The maximum atomic E-state index is 11.6. The normalized spacial score (nSPS) is 14.1. The highest BCUT2D eigenvalue weighted by atomic mass is 79.9. The average molecular weight is 252 g/mol. The zero-order valence-corrected chi connectivity index (χ0v) is 8.71. The van der Waals surface area contributed by atoms with E-state index in [-0.39, 0.29) is 5.91 Å². The Morgan fingerprint density at radius 2 is 2.29 bits per heavy atom. The van der Waals surface area contributed by atoms with E-state index in [2.05, 4.69) is 15.9 Å². The van der Waals surface area contributed by atoms with Gasteiger partial charge in [0.05, 0.1) is 23.7 Å². The number of rotatable bonds is 0. The molecular formula is C9H6BrN3O. The molecule has 0 aliphatic carbocycles. The van der Waals surface area contributed by atoms with Crippen molar-refractivity contribution in [3.63, 3.8) is 0 Å². The Labute approximate surface area is 89.0 Å². The first-order valence-electron chi connectivity index (χ1n) is 3.93. The topological polar surface area (TPSA) is 70.1 Å². The van der Waals surface area contributed by atoms with Crippen molar-refractivity contribution in [3.05, 3.63) is 33.3 Å². The average Bonchev–Trinajstić information content (AvgIpc) is 2.47. The molecule has 14 heavy (non-hydrogen) atoms. The van der Waals surface area contributed by atoms with E-state index < -0.39 is 0 Å². The first kappa shape index (κ1) is 9.19. The van der Waals surface area contributed by atoms with Crippen LogP contribution >= 0.6 is 15.9 Å². The molecule has 1 aliphatic heterocycles. The number of hydrogen-bond donors (Lipinski definition) is 1. The standard InChI is InChI=1S/C9H6BrN3O/c10-7-2-1-5(3-11)8-6(7)4-13(12)9(8)14/h1-2H,4,12H2. The molecule has 1 aromatic rings. The van der Waals surface area contributed by atoms with Gasteiger partial charge < -0.3 is 0 Å². The number of fused-ring (bicyclic) bond motifs is 1. The quantitative estimate of drug-likeness (QED) is 0.556. The minimum Gasteiger partial charge on any atom is -0.272 e. The zero-order chi connectivity index (χ0) is 10.3. The number of nitrogens with two attached hydrogens (primary N) is 1. The second-order valence-corrected chi connectivity index (χ2v) is 3.85. The van der Waals surface area contributed by atoms with Crippen molar-refractivity contribution in [1.82, 2.24) is 5.01 Å². The second-order valence-electron chi connectivity index (χ2n) is 2.99. The fraction of sp³-hybridized carbons (Fsp3) is 0.111. The minimum absolute atomic E-state index is 0.294. The predicted molar refractivity (Wildman–Crippen MR) is 52.9 cm³/mol. The summed E-state index contributed by atoms with van der Waals surface area (Å²) in [6, 6.07) is 5.35. The van der Waals surface area contributed by atoms with Crippen LogP contribution in [-0.2, 0) is 6.54 Å². The van der Waals surface area contributed by atoms with Gasteiger partial charge >= 0.3 is 0 Å². The third-order valence-corrected chi connectivity index (χ3v) is 2.92. The van der Waals surface area contributed by atoms with Gasteiger partial charge in [0.1, 0.15) is 0 Å². The van der Waals surface area contributed by atoms with E-state index >= 15 is 0 Å². The van der Waals surface area contributed by atoms with Crippen molar-refractivity contribution in [2.45, 2.75) is 6.54 Å². The molecule has 4 nitrogen and oxygen atoms in total. The molecule has 70 valence electrons. The molecule has 0 unspecified atom stereocenters. The molecule has 0 atom stereocenters. The third kappa shape index (κ3) is 1.12. The molecule has 0 bridgehead atoms. The van der Waals surface area contributed by atoms with Crippen molar-refractivity contribution in [1.29, 1.82) is 5.26 Å². The first-order chi connectivity index (χ1) is 6.65. The largest absolute Gasteiger partial charge is 0.272 e. The molecule has 0 spiro atoms. The Bertz CT molecular complexity index is 464. The van der Waals surface area contributed by atoms with Crippen LogP contribution in [0.15, 0.2) is 16.6 Å². The molecule has 0 saturated carbocycles. The molecule has 2 rings (SSSR count). The highest BCUT2D eigenvalue weighted by Gasteiger charge is 2.29. The van der Waals surface area contributed by atoms with E-state index in [1.165, 1.54) is 0 Å². The smallest absolute Gasteiger partial charge is 0.269 e. The summed E-state index contributed by atoms with van der Waals surface area (Å²) in [6.45, 7) is 0.351. The van der Waals surface area contributed by atoms with E-state index in [9.17, 15) is 4.79 Å². The van der Waals surface area contributed by atoms with Crippen molar-refractivity contribution in [2.24, 2.45) is 5.84 Å². The number of carbonyl (C=O) groups is 1. The Morgan fingerprint density at radius 1 is 1.57 bits per heavy atom. The fourth-order valence-corrected chi connectivity index (χ4v) is 1.96. The number of nitrogens with zero attached hydrogens (tertiary/aromatic N) is 2. The Morgan fingerprint density at radius 3 is 2.93 bits per heavy atom. The van der Waals surface area contributed by atoms with Crippen LogP contribution in [0.1, 0.15) is 21.5 Å². The predicted octanol–water partition coefficient (Wildman–Crippen LogP) is 1.15. The summed E-state index contributed by atoms with van der Waals surface area (Å²) in [7, 11) is 0. The number of halogens is 1. The van der Waals surface area contributed by atoms with Gasteiger partial charge in [0.2, 0.25) is 0 Å². The summed E-state index contributed by atoms with van der Waals surface area (Å²) >= 11 is 3.32. The van der Waals surface area contributed by atoms with E-state index in [4.69, 9.17) is 11.1 Å². The summed E-state index contributed by atoms with van der Waals surface area (Å²) < 4.78 is 0.813. The van der Waals surface area contributed by atoms with Crippen molar-refractivity contribution >= 4 is 21.8 Å². The number of carbonyl (C=O) groups excluding carboxylic acids is 1. The van der Waals surface area contributed by atoms with E-state index in [0.29, 0.717) is 17.7 Å². The Balaban J connectivity index is 2.73. The van der Waals surface area contributed by atoms with Crippen molar-refractivity contribution in [3.8, 4) is 6.07 Å². The van der Waals surface area contributed by atoms with Crippen LogP contribution < -0.4 is 5.84 Å².